The molecule has 1 saturated heterocycles. The number of rotatable bonds is 2. The summed E-state index contributed by atoms with van der Waals surface area (Å²) in [5.41, 5.74) is 5.61. The maximum absolute atomic E-state index is 12.5. The summed E-state index contributed by atoms with van der Waals surface area (Å²) < 4.78 is 26.5. The van der Waals surface area contributed by atoms with Crippen molar-refractivity contribution in [2.45, 2.75) is 24.3 Å². The molecule has 0 aromatic carbocycles. The Morgan fingerprint density at radius 2 is 2.22 bits per heavy atom. The lowest BCUT2D eigenvalue weighted by Gasteiger charge is -2.26. The second-order valence-electron chi connectivity index (χ2n) is 4.73. The molecule has 2 rings (SSSR count). The van der Waals surface area contributed by atoms with Crippen molar-refractivity contribution in [3.05, 3.63) is 6.20 Å². The number of hydrogen-bond donors (Lipinski definition) is 2. The van der Waals surface area contributed by atoms with E-state index >= 15 is 0 Å². The van der Waals surface area contributed by atoms with Crippen LogP contribution in [0.1, 0.15) is 13.3 Å². The third-order valence-electron chi connectivity index (χ3n) is 3.20. The van der Waals surface area contributed by atoms with Gasteiger partial charge >= 0.3 is 0 Å². The Morgan fingerprint density at radius 1 is 1.50 bits per heavy atom. The quantitative estimate of drug-likeness (QED) is 0.772. The standard InChI is InChI=1S/C10H19N5O2S/c1-8-7-14(2)4-3-5-15(8)18(16,17)9-6-12-13-10(9)11/h6,8H,3-5,7H2,1-2H3,(H3,11,12,13). The molecule has 102 valence electrons. The van der Waals surface area contributed by atoms with E-state index in [1.807, 2.05) is 14.0 Å². The van der Waals surface area contributed by atoms with Crippen LogP contribution >= 0.6 is 0 Å². The predicted octanol–water partition coefficient (Wildman–Crippen LogP) is -0.293. The van der Waals surface area contributed by atoms with Crippen LogP contribution in [0.2, 0.25) is 0 Å². The van der Waals surface area contributed by atoms with Gasteiger partial charge in [-0.1, -0.05) is 0 Å². The highest BCUT2D eigenvalue weighted by Crippen LogP contribution is 2.23. The van der Waals surface area contributed by atoms with Gasteiger partial charge in [-0.05, 0) is 26.9 Å². The minimum Gasteiger partial charge on any atom is -0.383 e. The van der Waals surface area contributed by atoms with Crippen molar-refractivity contribution in [3.63, 3.8) is 0 Å². The number of hydrogen-bond acceptors (Lipinski definition) is 5. The molecule has 0 aliphatic carbocycles. The van der Waals surface area contributed by atoms with Crippen molar-refractivity contribution < 1.29 is 8.42 Å². The van der Waals surface area contributed by atoms with E-state index in [-0.39, 0.29) is 16.8 Å². The zero-order chi connectivity index (χ0) is 13.3. The summed E-state index contributed by atoms with van der Waals surface area (Å²) in [5, 5.41) is 6.14. The molecular weight excluding hydrogens is 254 g/mol. The van der Waals surface area contributed by atoms with Crippen molar-refractivity contribution in [1.82, 2.24) is 19.4 Å². The van der Waals surface area contributed by atoms with Crippen molar-refractivity contribution >= 4 is 15.8 Å². The van der Waals surface area contributed by atoms with Gasteiger partial charge < -0.3 is 10.6 Å². The molecule has 0 amide bonds. The molecule has 0 saturated carbocycles. The molecule has 0 radical (unpaired) electrons. The molecule has 8 heteroatoms. The number of anilines is 1. The first-order chi connectivity index (χ1) is 8.43. The highest BCUT2D eigenvalue weighted by molar-refractivity contribution is 7.89. The zero-order valence-electron chi connectivity index (χ0n) is 10.6. The largest absolute Gasteiger partial charge is 0.383 e. The Morgan fingerprint density at radius 3 is 2.83 bits per heavy atom. The van der Waals surface area contributed by atoms with Crippen molar-refractivity contribution in [2.24, 2.45) is 0 Å². The molecule has 1 unspecified atom stereocenters. The molecule has 0 spiro atoms. The third kappa shape index (κ3) is 2.36. The van der Waals surface area contributed by atoms with E-state index in [0.717, 1.165) is 19.5 Å². The first-order valence-electron chi connectivity index (χ1n) is 5.92. The van der Waals surface area contributed by atoms with Gasteiger partial charge in [-0.2, -0.15) is 9.40 Å². The van der Waals surface area contributed by atoms with Crippen molar-refractivity contribution in [1.29, 1.82) is 0 Å². The van der Waals surface area contributed by atoms with Gasteiger partial charge in [0, 0.05) is 19.1 Å². The SMILES string of the molecule is CC1CN(C)CCCN1S(=O)(=O)c1cn[nH]c1N. The molecular formula is C10H19N5O2S. The second-order valence-corrected chi connectivity index (χ2v) is 6.59. The number of nitrogens with zero attached hydrogens (tertiary/aromatic N) is 3. The molecule has 18 heavy (non-hydrogen) atoms. The summed E-state index contributed by atoms with van der Waals surface area (Å²) in [6, 6.07) is -0.0724. The van der Waals surface area contributed by atoms with Gasteiger partial charge in [-0.25, -0.2) is 8.42 Å². The van der Waals surface area contributed by atoms with E-state index in [2.05, 4.69) is 15.1 Å². The highest BCUT2D eigenvalue weighted by Gasteiger charge is 2.33. The average molecular weight is 273 g/mol. The molecule has 0 bridgehead atoms. The van der Waals surface area contributed by atoms with Gasteiger partial charge in [0.2, 0.25) is 10.0 Å². The van der Waals surface area contributed by atoms with Gasteiger partial charge in [0.05, 0.1) is 6.20 Å². The summed E-state index contributed by atoms with van der Waals surface area (Å²) in [5.74, 6) is 0.0970. The van der Waals surface area contributed by atoms with Crippen LogP contribution in [0.5, 0.6) is 0 Å². The van der Waals surface area contributed by atoms with Crippen LogP contribution in [0.4, 0.5) is 5.82 Å². The van der Waals surface area contributed by atoms with Crippen molar-refractivity contribution in [3.8, 4) is 0 Å². The molecule has 1 aromatic heterocycles. The van der Waals surface area contributed by atoms with Crippen LogP contribution in [0, 0.1) is 0 Å². The van der Waals surface area contributed by atoms with Crippen LogP contribution < -0.4 is 5.73 Å². The van der Waals surface area contributed by atoms with Gasteiger partial charge in [-0.3, -0.25) is 5.10 Å². The van der Waals surface area contributed by atoms with Gasteiger partial charge in [0.15, 0.2) is 0 Å². The highest BCUT2D eigenvalue weighted by atomic mass is 32.2. The third-order valence-corrected chi connectivity index (χ3v) is 5.25. The Bertz CT molecular complexity index is 512. The molecule has 1 atom stereocenters. The van der Waals surface area contributed by atoms with Crippen LogP contribution in [0.15, 0.2) is 11.1 Å². The topological polar surface area (TPSA) is 95.3 Å². The molecule has 3 N–H and O–H groups in total. The van der Waals surface area contributed by atoms with Crippen LogP contribution in [-0.4, -0.2) is 60.5 Å². The summed E-state index contributed by atoms with van der Waals surface area (Å²) in [6.45, 7) is 4.04. The van der Waals surface area contributed by atoms with Gasteiger partial charge in [0.25, 0.3) is 0 Å². The zero-order valence-corrected chi connectivity index (χ0v) is 11.4. The van der Waals surface area contributed by atoms with E-state index in [9.17, 15) is 8.42 Å². The number of aromatic nitrogens is 2. The summed E-state index contributed by atoms with van der Waals surface area (Å²) in [6.07, 6.45) is 2.09. The number of aromatic amines is 1. The fourth-order valence-corrected chi connectivity index (χ4v) is 4.00. The summed E-state index contributed by atoms with van der Waals surface area (Å²) in [7, 11) is -1.56. The summed E-state index contributed by atoms with van der Waals surface area (Å²) in [4.78, 5) is 2.21. The Labute approximate surface area is 107 Å². The minimum absolute atomic E-state index is 0.0684. The monoisotopic (exact) mass is 273 g/mol. The Hall–Kier alpha value is -1.12. The normalized spacial score (nSPS) is 24.0. The number of nitrogen functional groups attached to an aromatic ring is 1. The fourth-order valence-electron chi connectivity index (χ4n) is 2.32. The average Bonchev–Trinajstić information content (AvgIpc) is 2.62. The molecule has 1 aliphatic rings. The molecule has 2 heterocycles. The number of H-pyrrole nitrogens is 1. The molecule has 7 nitrogen and oxygen atoms in total. The molecule has 1 aromatic rings. The fraction of sp³-hybridized carbons (Fsp3) is 0.700. The minimum atomic E-state index is -3.56. The lowest BCUT2D eigenvalue weighted by Crippen LogP contribution is -2.41. The van der Waals surface area contributed by atoms with E-state index in [4.69, 9.17) is 5.73 Å². The lowest BCUT2D eigenvalue weighted by atomic mass is 10.3. The molecule has 1 fully saturated rings. The van der Waals surface area contributed by atoms with Gasteiger partial charge in [-0.15, -0.1) is 0 Å². The summed E-state index contributed by atoms with van der Waals surface area (Å²) >= 11 is 0. The van der Waals surface area contributed by atoms with E-state index in [1.165, 1.54) is 10.5 Å². The van der Waals surface area contributed by atoms with Crippen LogP contribution in [-0.2, 0) is 10.0 Å². The lowest BCUT2D eigenvalue weighted by molar-refractivity contribution is 0.290. The van der Waals surface area contributed by atoms with Crippen LogP contribution in [0.3, 0.4) is 0 Å². The van der Waals surface area contributed by atoms with E-state index in [1.54, 1.807) is 0 Å². The molecule has 1 aliphatic heterocycles. The first kappa shape index (κ1) is 13.3. The predicted molar refractivity (Wildman–Crippen MR) is 68.5 cm³/mol. The number of nitrogens with two attached hydrogens (primary N) is 1. The van der Waals surface area contributed by atoms with Gasteiger partial charge in [0.1, 0.15) is 10.7 Å². The van der Waals surface area contributed by atoms with Crippen molar-refractivity contribution in [2.75, 3.05) is 32.4 Å². The smallest absolute Gasteiger partial charge is 0.248 e. The maximum Gasteiger partial charge on any atom is 0.248 e. The van der Waals surface area contributed by atoms with Crippen LogP contribution in [0.25, 0.3) is 0 Å². The van der Waals surface area contributed by atoms with E-state index in [0.29, 0.717) is 6.54 Å². The first-order valence-corrected chi connectivity index (χ1v) is 7.36. The number of sulfonamides is 1. The Kier molecular flexibility index (Phi) is 3.60. The second kappa shape index (κ2) is 4.87. The Balaban J connectivity index is 2.32. The number of likely N-dealkylation sites (N-methyl/N-ethyl adjacent to an activating group) is 1. The van der Waals surface area contributed by atoms with E-state index < -0.39 is 10.0 Å². The number of nitrogens with one attached hydrogen (secondary N) is 1. The maximum atomic E-state index is 12.5.